The highest BCUT2D eigenvalue weighted by Gasteiger charge is 2.41. The number of aliphatic hydroxyl groups is 1. The predicted molar refractivity (Wildman–Crippen MR) is 66.5 cm³/mol. The molecule has 0 aromatic carbocycles. The quantitative estimate of drug-likeness (QED) is 0.691. The SMILES string of the molecule is CC1CS(=O)(=O)CCN1C1CCC(N)(CO)C1. The number of nitrogens with two attached hydrogens (primary N) is 1. The molecule has 3 atom stereocenters. The van der Waals surface area contributed by atoms with Gasteiger partial charge in [-0.2, -0.15) is 0 Å². The molecule has 1 heterocycles. The van der Waals surface area contributed by atoms with Gasteiger partial charge in [0, 0.05) is 24.2 Å². The van der Waals surface area contributed by atoms with Crippen molar-refractivity contribution in [2.24, 2.45) is 5.73 Å². The first kappa shape index (κ1) is 13.3. The summed E-state index contributed by atoms with van der Waals surface area (Å²) in [6.07, 6.45) is 2.56. The van der Waals surface area contributed by atoms with Gasteiger partial charge in [0.2, 0.25) is 0 Å². The summed E-state index contributed by atoms with van der Waals surface area (Å²) in [7, 11) is -2.85. The topological polar surface area (TPSA) is 83.6 Å². The molecular weight excluding hydrogens is 240 g/mol. The van der Waals surface area contributed by atoms with E-state index in [1.165, 1.54) is 0 Å². The molecule has 1 aliphatic carbocycles. The van der Waals surface area contributed by atoms with Crippen LogP contribution in [0.1, 0.15) is 26.2 Å². The van der Waals surface area contributed by atoms with Gasteiger partial charge in [-0.25, -0.2) is 8.42 Å². The van der Waals surface area contributed by atoms with Crippen LogP contribution in [0.4, 0.5) is 0 Å². The van der Waals surface area contributed by atoms with Crippen molar-refractivity contribution >= 4 is 9.84 Å². The van der Waals surface area contributed by atoms with Gasteiger partial charge in [0.1, 0.15) is 0 Å². The number of hydrogen-bond donors (Lipinski definition) is 2. The maximum absolute atomic E-state index is 11.5. The summed E-state index contributed by atoms with van der Waals surface area (Å²) in [5.74, 6) is 0.505. The lowest BCUT2D eigenvalue weighted by Crippen LogP contribution is -2.52. The van der Waals surface area contributed by atoms with E-state index in [2.05, 4.69) is 4.90 Å². The molecule has 2 aliphatic rings. The second-order valence-electron chi connectivity index (χ2n) is 5.62. The zero-order chi connectivity index (χ0) is 12.7. The monoisotopic (exact) mass is 262 g/mol. The minimum absolute atomic E-state index is 0.0179. The normalized spacial score (nSPS) is 42.8. The van der Waals surface area contributed by atoms with Crippen molar-refractivity contribution in [3.05, 3.63) is 0 Å². The smallest absolute Gasteiger partial charge is 0.153 e. The molecule has 100 valence electrons. The Labute approximate surface area is 103 Å². The molecule has 0 aromatic heterocycles. The van der Waals surface area contributed by atoms with Gasteiger partial charge in [-0.1, -0.05) is 0 Å². The largest absolute Gasteiger partial charge is 0.394 e. The van der Waals surface area contributed by atoms with Gasteiger partial charge in [-0.05, 0) is 26.2 Å². The molecular formula is C11H22N2O3S. The molecule has 1 saturated carbocycles. The van der Waals surface area contributed by atoms with Gasteiger partial charge in [-0.3, -0.25) is 4.90 Å². The van der Waals surface area contributed by atoms with Crippen LogP contribution >= 0.6 is 0 Å². The molecule has 2 fully saturated rings. The van der Waals surface area contributed by atoms with E-state index < -0.39 is 15.4 Å². The molecule has 0 spiro atoms. The third-order valence-corrected chi connectivity index (χ3v) is 5.92. The lowest BCUT2D eigenvalue weighted by Gasteiger charge is -2.38. The zero-order valence-corrected chi connectivity index (χ0v) is 11.1. The molecule has 0 bridgehead atoms. The average molecular weight is 262 g/mol. The Kier molecular flexibility index (Phi) is 3.51. The Hall–Kier alpha value is -0.170. The van der Waals surface area contributed by atoms with Crippen LogP contribution in [0.15, 0.2) is 0 Å². The van der Waals surface area contributed by atoms with E-state index in [1.807, 2.05) is 6.92 Å². The minimum atomic E-state index is -2.85. The minimum Gasteiger partial charge on any atom is -0.394 e. The zero-order valence-electron chi connectivity index (χ0n) is 10.3. The first-order chi connectivity index (χ1) is 7.85. The van der Waals surface area contributed by atoms with Crippen molar-refractivity contribution in [3.8, 4) is 0 Å². The number of nitrogens with zero attached hydrogens (tertiary/aromatic N) is 1. The molecule has 0 radical (unpaired) electrons. The fourth-order valence-corrected chi connectivity index (χ4v) is 4.69. The molecule has 5 nitrogen and oxygen atoms in total. The highest BCUT2D eigenvalue weighted by atomic mass is 32.2. The van der Waals surface area contributed by atoms with Crippen molar-refractivity contribution in [3.63, 3.8) is 0 Å². The summed E-state index contributed by atoms with van der Waals surface area (Å²) in [6.45, 7) is 2.59. The highest BCUT2D eigenvalue weighted by molar-refractivity contribution is 7.91. The van der Waals surface area contributed by atoms with Crippen LogP contribution in [0, 0.1) is 0 Å². The molecule has 0 aromatic rings. The Balaban J connectivity index is 2.01. The van der Waals surface area contributed by atoms with Crippen molar-refractivity contribution in [1.29, 1.82) is 0 Å². The Morgan fingerprint density at radius 3 is 2.76 bits per heavy atom. The van der Waals surface area contributed by atoms with Gasteiger partial charge < -0.3 is 10.8 Å². The maximum atomic E-state index is 11.5. The number of hydrogen-bond acceptors (Lipinski definition) is 5. The van der Waals surface area contributed by atoms with Crippen LogP contribution in [0.2, 0.25) is 0 Å². The second kappa shape index (κ2) is 4.50. The number of rotatable bonds is 2. The lowest BCUT2D eigenvalue weighted by molar-refractivity contribution is 0.141. The van der Waals surface area contributed by atoms with E-state index in [9.17, 15) is 13.5 Å². The van der Waals surface area contributed by atoms with Crippen molar-refractivity contribution < 1.29 is 13.5 Å². The van der Waals surface area contributed by atoms with E-state index >= 15 is 0 Å². The van der Waals surface area contributed by atoms with Crippen LogP contribution in [0.25, 0.3) is 0 Å². The molecule has 2 rings (SSSR count). The third kappa shape index (κ3) is 2.81. The number of sulfone groups is 1. The Morgan fingerprint density at radius 2 is 2.24 bits per heavy atom. The van der Waals surface area contributed by atoms with Crippen molar-refractivity contribution in [1.82, 2.24) is 4.90 Å². The summed E-state index contributed by atoms with van der Waals surface area (Å²) in [4.78, 5) is 2.26. The summed E-state index contributed by atoms with van der Waals surface area (Å²) >= 11 is 0. The summed E-state index contributed by atoms with van der Waals surface area (Å²) in [5.41, 5.74) is 5.60. The lowest BCUT2D eigenvalue weighted by atomic mass is 10.00. The summed E-state index contributed by atoms with van der Waals surface area (Å²) in [5, 5.41) is 9.25. The second-order valence-corrected chi connectivity index (χ2v) is 7.85. The fraction of sp³-hybridized carbons (Fsp3) is 1.00. The van der Waals surface area contributed by atoms with Crippen LogP contribution < -0.4 is 5.73 Å². The first-order valence-electron chi connectivity index (χ1n) is 6.21. The Morgan fingerprint density at radius 1 is 1.53 bits per heavy atom. The van der Waals surface area contributed by atoms with Crippen LogP contribution in [-0.4, -0.2) is 60.7 Å². The average Bonchev–Trinajstić information content (AvgIpc) is 2.60. The summed E-state index contributed by atoms with van der Waals surface area (Å²) in [6, 6.07) is 0.400. The van der Waals surface area contributed by atoms with Gasteiger partial charge in [0.15, 0.2) is 9.84 Å². The Bertz CT molecular complexity index is 384. The van der Waals surface area contributed by atoms with Gasteiger partial charge >= 0.3 is 0 Å². The molecule has 3 unspecified atom stereocenters. The molecule has 6 heteroatoms. The maximum Gasteiger partial charge on any atom is 0.153 e. The van der Waals surface area contributed by atoms with E-state index in [4.69, 9.17) is 5.73 Å². The van der Waals surface area contributed by atoms with Crippen LogP contribution in [0.5, 0.6) is 0 Å². The van der Waals surface area contributed by atoms with Crippen LogP contribution in [-0.2, 0) is 9.84 Å². The van der Waals surface area contributed by atoms with Gasteiger partial charge in [0.05, 0.1) is 18.1 Å². The highest BCUT2D eigenvalue weighted by Crippen LogP contribution is 2.33. The third-order valence-electron chi connectivity index (χ3n) is 4.12. The van der Waals surface area contributed by atoms with Crippen molar-refractivity contribution in [2.75, 3.05) is 24.7 Å². The molecule has 3 N–H and O–H groups in total. The summed E-state index contributed by atoms with van der Waals surface area (Å²) < 4.78 is 23.0. The van der Waals surface area contributed by atoms with E-state index in [1.54, 1.807) is 0 Å². The first-order valence-corrected chi connectivity index (χ1v) is 8.03. The van der Waals surface area contributed by atoms with E-state index in [-0.39, 0.29) is 24.2 Å². The van der Waals surface area contributed by atoms with E-state index in [0.717, 1.165) is 19.3 Å². The van der Waals surface area contributed by atoms with Crippen molar-refractivity contribution in [2.45, 2.75) is 43.8 Å². The molecule has 1 saturated heterocycles. The number of aliphatic hydroxyl groups excluding tert-OH is 1. The standard InChI is InChI=1S/C11H22N2O3S/c1-9-7-17(15,16)5-4-13(9)10-2-3-11(12,6-10)8-14/h9-10,14H,2-8,12H2,1H3. The fourth-order valence-electron chi connectivity index (χ4n) is 3.11. The van der Waals surface area contributed by atoms with E-state index in [0.29, 0.717) is 12.6 Å². The van der Waals surface area contributed by atoms with Crippen LogP contribution in [0.3, 0.4) is 0 Å². The van der Waals surface area contributed by atoms with Gasteiger partial charge in [0.25, 0.3) is 0 Å². The predicted octanol–water partition coefficient (Wildman–Crippen LogP) is -0.652. The molecule has 17 heavy (non-hydrogen) atoms. The van der Waals surface area contributed by atoms with Gasteiger partial charge in [-0.15, -0.1) is 0 Å². The molecule has 1 aliphatic heterocycles. The molecule has 0 amide bonds.